The van der Waals surface area contributed by atoms with Crippen LogP contribution in [0.5, 0.6) is 5.75 Å². The Morgan fingerprint density at radius 1 is 1.08 bits per heavy atom. The molecule has 0 spiro atoms. The van der Waals surface area contributed by atoms with Gasteiger partial charge in [-0.1, -0.05) is 24.9 Å². The summed E-state index contributed by atoms with van der Waals surface area (Å²) in [6.45, 7) is 4.58. The van der Waals surface area contributed by atoms with Gasteiger partial charge < -0.3 is 20.5 Å². The van der Waals surface area contributed by atoms with Crippen LogP contribution >= 0.6 is 11.6 Å². The predicted molar refractivity (Wildman–Crippen MR) is 141 cm³/mol. The molecular weight excluding hydrogens is 511 g/mol. The van der Waals surface area contributed by atoms with Crippen molar-refractivity contribution in [1.29, 1.82) is 0 Å². The average Bonchev–Trinajstić information content (AvgIpc) is 3.46. The zero-order chi connectivity index (χ0) is 27.2. The van der Waals surface area contributed by atoms with Gasteiger partial charge in [0, 0.05) is 12.6 Å². The number of halogens is 2. The maximum Gasteiger partial charge on any atom is 0.309 e. The highest BCUT2D eigenvalue weighted by atomic mass is 35.5. The van der Waals surface area contributed by atoms with Crippen LogP contribution in [0.1, 0.15) is 88.4 Å². The van der Waals surface area contributed by atoms with Gasteiger partial charge in [-0.3, -0.25) is 14.4 Å². The van der Waals surface area contributed by atoms with E-state index in [4.69, 9.17) is 16.3 Å². The standard InChI is InChI=1S/C29H38ClFN2O5/c1-28(8-3-9-28)15-32-26(35)23-16-4-5-17(12-16)24(23)33-25(34)19-13-22(20(30)14-21(19)31)38-18-6-10-29(2,11-7-18)27(36)37/h13-14,16-18,23-24H,3-12,15H2,1-2H3,(H,32,35)(H,33,34)(H,36,37)/t16-,17+,18-,23+,24-,29+/m1/s1. The second-order valence-electron chi connectivity index (χ2n) is 12.7. The number of carboxylic acids is 1. The van der Waals surface area contributed by atoms with Crippen LogP contribution in [0.15, 0.2) is 12.1 Å². The molecule has 1 aromatic carbocycles. The van der Waals surface area contributed by atoms with Crippen molar-refractivity contribution in [2.24, 2.45) is 28.6 Å². The molecule has 0 unspecified atom stereocenters. The van der Waals surface area contributed by atoms with E-state index < -0.39 is 23.1 Å². The van der Waals surface area contributed by atoms with Gasteiger partial charge in [-0.25, -0.2) is 4.39 Å². The molecule has 0 heterocycles. The van der Waals surface area contributed by atoms with Crippen molar-refractivity contribution in [3.05, 3.63) is 28.5 Å². The van der Waals surface area contributed by atoms with Crippen LogP contribution in [0, 0.1) is 34.4 Å². The molecule has 38 heavy (non-hydrogen) atoms. The summed E-state index contributed by atoms with van der Waals surface area (Å²) in [4.78, 5) is 38.1. The van der Waals surface area contributed by atoms with Gasteiger partial charge in [0.05, 0.1) is 28.0 Å². The maximum absolute atomic E-state index is 14.9. The van der Waals surface area contributed by atoms with E-state index in [0.717, 1.165) is 38.2 Å². The Balaban J connectivity index is 1.26. The average molecular weight is 549 g/mol. The number of carbonyl (C=O) groups is 3. The zero-order valence-corrected chi connectivity index (χ0v) is 22.9. The molecule has 1 aromatic rings. The summed E-state index contributed by atoms with van der Waals surface area (Å²) < 4.78 is 20.9. The number of benzene rings is 1. The number of nitrogens with one attached hydrogen (secondary N) is 2. The first-order valence-corrected chi connectivity index (χ1v) is 14.3. The Hall–Kier alpha value is -2.35. The SMILES string of the molecule is CC1(CNC(=O)[C@H]2[C@@H]3CC[C@@H](C3)[C@H]2NC(=O)c2cc(O[C@H]3CC[C@@](C)(C(=O)O)CC3)c(Cl)cc2F)CCC1. The van der Waals surface area contributed by atoms with Crippen molar-refractivity contribution < 1.29 is 28.6 Å². The fraction of sp³-hybridized carbons (Fsp3) is 0.690. The molecule has 4 fully saturated rings. The van der Waals surface area contributed by atoms with E-state index >= 15 is 0 Å². The lowest BCUT2D eigenvalue weighted by Gasteiger charge is -2.39. The third-order valence-corrected chi connectivity index (χ3v) is 10.2. The minimum atomic E-state index is -0.820. The van der Waals surface area contributed by atoms with E-state index in [-0.39, 0.29) is 57.6 Å². The van der Waals surface area contributed by atoms with Crippen molar-refractivity contribution in [2.75, 3.05) is 6.54 Å². The molecule has 0 radical (unpaired) electrons. The van der Waals surface area contributed by atoms with Crippen molar-refractivity contribution in [1.82, 2.24) is 10.6 Å². The number of aliphatic carboxylic acids is 1. The molecule has 208 valence electrons. The Labute approximate surface area is 228 Å². The molecule has 9 heteroatoms. The molecule has 0 aliphatic heterocycles. The minimum absolute atomic E-state index is 0.0121. The maximum atomic E-state index is 14.9. The number of amides is 2. The van der Waals surface area contributed by atoms with Gasteiger partial charge in [0.25, 0.3) is 5.91 Å². The van der Waals surface area contributed by atoms with Crippen LogP contribution in [0.2, 0.25) is 5.02 Å². The lowest BCUT2D eigenvalue weighted by Crippen LogP contribution is -2.51. The predicted octanol–water partition coefficient (Wildman–Crippen LogP) is 5.34. The first-order chi connectivity index (χ1) is 18.0. The number of hydrogen-bond donors (Lipinski definition) is 3. The highest BCUT2D eigenvalue weighted by Gasteiger charge is 2.51. The van der Waals surface area contributed by atoms with E-state index in [1.807, 2.05) is 0 Å². The summed E-state index contributed by atoms with van der Waals surface area (Å²) >= 11 is 6.26. The first-order valence-electron chi connectivity index (χ1n) is 14.0. The summed E-state index contributed by atoms with van der Waals surface area (Å²) in [6.07, 6.45) is 7.96. The monoisotopic (exact) mass is 548 g/mol. The van der Waals surface area contributed by atoms with Gasteiger partial charge in [0.15, 0.2) is 0 Å². The highest BCUT2D eigenvalue weighted by Crippen LogP contribution is 2.49. The molecule has 3 N–H and O–H groups in total. The smallest absolute Gasteiger partial charge is 0.309 e. The quantitative estimate of drug-likeness (QED) is 0.406. The molecule has 2 amide bonds. The molecule has 4 atom stereocenters. The molecule has 7 nitrogen and oxygen atoms in total. The van der Waals surface area contributed by atoms with E-state index in [1.165, 1.54) is 12.5 Å². The molecular formula is C29H38ClFN2O5. The van der Waals surface area contributed by atoms with Crippen LogP contribution in [0.4, 0.5) is 4.39 Å². The zero-order valence-electron chi connectivity index (χ0n) is 22.2. The molecule has 5 rings (SSSR count). The van der Waals surface area contributed by atoms with Crippen LogP contribution in [0.3, 0.4) is 0 Å². The molecule has 2 bridgehead atoms. The third-order valence-electron chi connectivity index (χ3n) is 9.88. The Morgan fingerprint density at radius 2 is 1.76 bits per heavy atom. The normalized spacial score (nSPS) is 33.3. The van der Waals surface area contributed by atoms with Gasteiger partial charge in [-0.2, -0.15) is 0 Å². The largest absolute Gasteiger partial charge is 0.489 e. The first kappa shape index (κ1) is 27.2. The Bertz CT molecular complexity index is 1110. The van der Waals surface area contributed by atoms with Crippen LogP contribution in [0.25, 0.3) is 0 Å². The van der Waals surface area contributed by atoms with Gasteiger partial charge in [-0.05, 0) is 94.1 Å². The Morgan fingerprint density at radius 3 is 2.39 bits per heavy atom. The van der Waals surface area contributed by atoms with Crippen molar-refractivity contribution >= 4 is 29.4 Å². The summed E-state index contributed by atoms with van der Waals surface area (Å²) in [7, 11) is 0. The summed E-state index contributed by atoms with van der Waals surface area (Å²) in [5, 5.41) is 15.7. The van der Waals surface area contributed by atoms with E-state index in [2.05, 4.69) is 17.6 Å². The van der Waals surface area contributed by atoms with Gasteiger partial charge in [0.2, 0.25) is 5.91 Å². The second kappa shape index (κ2) is 10.3. The van der Waals surface area contributed by atoms with E-state index in [9.17, 15) is 23.9 Å². The lowest BCUT2D eigenvalue weighted by atomic mass is 9.70. The summed E-state index contributed by atoms with van der Waals surface area (Å²) in [6, 6.07) is 2.08. The molecule has 4 aliphatic carbocycles. The number of carboxylic acid groups (broad SMARTS) is 1. The van der Waals surface area contributed by atoms with Crippen molar-refractivity contribution in [3.8, 4) is 5.75 Å². The lowest BCUT2D eigenvalue weighted by molar-refractivity contribution is -0.150. The van der Waals surface area contributed by atoms with Gasteiger partial charge in [0.1, 0.15) is 11.6 Å². The Kier molecular flexibility index (Phi) is 7.40. The minimum Gasteiger partial charge on any atom is -0.489 e. The highest BCUT2D eigenvalue weighted by molar-refractivity contribution is 6.32. The molecule has 0 aromatic heterocycles. The number of rotatable bonds is 8. The number of fused-ring (bicyclic) bond motifs is 2. The summed E-state index contributed by atoms with van der Waals surface area (Å²) in [5.41, 5.74) is -0.782. The van der Waals surface area contributed by atoms with Crippen molar-refractivity contribution in [2.45, 2.75) is 90.2 Å². The molecule has 4 aliphatic rings. The number of ether oxygens (including phenoxy) is 1. The van der Waals surface area contributed by atoms with E-state index in [1.54, 1.807) is 6.92 Å². The van der Waals surface area contributed by atoms with Crippen LogP contribution < -0.4 is 15.4 Å². The van der Waals surface area contributed by atoms with Crippen LogP contribution in [-0.2, 0) is 9.59 Å². The van der Waals surface area contributed by atoms with E-state index in [0.29, 0.717) is 32.2 Å². The molecule has 4 saturated carbocycles. The third kappa shape index (κ3) is 5.25. The molecule has 0 saturated heterocycles. The van der Waals surface area contributed by atoms with Crippen LogP contribution in [-0.4, -0.2) is 41.6 Å². The fourth-order valence-corrected chi connectivity index (χ4v) is 7.21. The van der Waals surface area contributed by atoms with Gasteiger partial charge in [-0.15, -0.1) is 0 Å². The second-order valence-corrected chi connectivity index (χ2v) is 13.1. The number of hydrogen-bond acceptors (Lipinski definition) is 4. The fourth-order valence-electron chi connectivity index (χ4n) is 7.01. The number of carbonyl (C=O) groups excluding carboxylic acids is 2. The topological polar surface area (TPSA) is 105 Å². The summed E-state index contributed by atoms with van der Waals surface area (Å²) in [5.74, 6) is -1.82. The van der Waals surface area contributed by atoms with Gasteiger partial charge >= 0.3 is 5.97 Å². The van der Waals surface area contributed by atoms with Crippen molar-refractivity contribution in [3.63, 3.8) is 0 Å².